The second-order valence-corrected chi connectivity index (χ2v) is 2.40. The highest BCUT2D eigenvalue weighted by molar-refractivity contribution is 5.37. The number of nitrogens with zero attached hydrogens (tertiary/aromatic N) is 1. The second-order valence-electron chi connectivity index (χ2n) is 2.40. The number of pyridine rings is 1. The van der Waals surface area contributed by atoms with Gasteiger partial charge in [0.1, 0.15) is 5.69 Å². The lowest BCUT2D eigenvalue weighted by Crippen LogP contribution is -2.08. The first-order valence-electron chi connectivity index (χ1n) is 3.77. The van der Waals surface area contributed by atoms with Crippen LogP contribution in [0.2, 0.25) is 0 Å². The van der Waals surface area contributed by atoms with Crippen molar-refractivity contribution in [2.45, 2.75) is 6.18 Å². The topological polar surface area (TPSA) is 38.9 Å². The van der Waals surface area contributed by atoms with Crippen LogP contribution in [0.25, 0.3) is 0 Å². The van der Waals surface area contributed by atoms with Crippen molar-refractivity contribution < 1.29 is 13.2 Å². The SMILES string of the molecule is NCC#Cc1ncccc1C(F)(F)F. The van der Waals surface area contributed by atoms with Crippen molar-refractivity contribution >= 4 is 0 Å². The molecule has 1 aromatic heterocycles. The Morgan fingerprint density at radius 1 is 1.43 bits per heavy atom. The van der Waals surface area contributed by atoms with E-state index in [2.05, 4.69) is 16.8 Å². The van der Waals surface area contributed by atoms with E-state index in [1.807, 2.05) is 0 Å². The van der Waals surface area contributed by atoms with E-state index >= 15 is 0 Å². The van der Waals surface area contributed by atoms with E-state index in [0.717, 1.165) is 6.07 Å². The van der Waals surface area contributed by atoms with Gasteiger partial charge in [0.05, 0.1) is 12.1 Å². The van der Waals surface area contributed by atoms with Gasteiger partial charge in [-0.15, -0.1) is 0 Å². The Labute approximate surface area is 78.9 Å². The quantitative estimate of drug-likeness (QED) is 0.643. The molecule has 1 rings (SSSR count). The van der Waals surface area contributed by atoms with Crippen molar-refractivity contribution in [1.82, 2.24) is 4.98 Å². The fourth-order valence-corrected chi connectivity index (χ4v) is 0.868. The zero-order valence-electron chi connectivity index (χ0n) is 7.10. The van der Waals surface area contributed by atoms with Crippen LogP contribution in [0, 0.1) is 11.8 Å². The molecule has 14 heavy (non-hydrogen) atoms. The fraction of sp³-hybridized carbons (Fsp3) is 0.222. The number of nitrogens with two attached hydrogens (primary N) is 1. The van der Waals surface area contributed by atoms with Crippen LogP contribution in [0.4, 0.5) is 13.2 Å². The Hall–Kier alpha value is -1.54. The number of hydrogen-bond acceptors (Lipinski definition) is 2. The van der Waals surface area contributed by atoms with Crippen molar-refractivity contribution in [1.29, 1.82) is 0 Å². The molecular weight excluding hydrogens is 193 g/mol. The summed E-state index contributed by atoms with van der Waals surface area (Å²) in [6, 6.07) is 2.16. The number of rotatable bonds is 0. The van der Waals surface area contributed by atoms with E-state index in [1.165, 1.54) is 12.3 Å². The van der Waals surface area contributed by atoms with Crippen LogP contribution < -0.4 is 5.73 Å². The van der Waals surface area contributed by atoms with Gasteiger partial charge in [-0.25, -0.2) is 4.98 Å². The van der Waals surface area contributed by atoms with Gasteiger partial charge in [0, 0.05) is 6.20 Å². The third-order valence-corrected chi connectivity index (χ3v) is 1.42. The van der Waals surface area contributed by atoms with Gasteiger partial charge in [-0.1, -0.05) is 5.92 Å². The van der Waals surface area contributed by atoms with Gasteiger partial charge in [0.15, 0.2) is 0 Å². The fourth-order valence-electron chi connectivity index (χ4n) is 0.868. The minimum atomic E-state index is -4.42. The number of alkyl halides is 3. The van der Waals surface area contributed by atoms with Crippen molar-refractivity contribution in [3.63, 3.8) is 0 Å². The summed E-state index contributed by atoms with van der Waals surface area (Å²) < 4.78 is 37.0. The summed E-state index contributed by atoms with van der Waals surface area (Å²) in [5.74, 6) is 4.61. The molecular formula is C9H7F3N2. The smallest absolute Gasteiger partial charge is 0.320 e. The molecule has 0 aliphatic rings. The molecule has 2 N–H and O–H groups in total. The summed E-state index contributed by atoms with van der Waals surface area (Å²) in [4.78, 5) is 3.53. The van der Waals surface area contributed by atoms with Gasteiger partial charge in [-0.3, -0.25) is 0 Å². The maximum absolute atomic E-state index is 12.3. The lowest BCUT2D eigenvalue weighted by atomic mass is 10.2. The first kappa shape index (κ1) is 10.5. The van der Waals surface area contributed by atoms with E-state index in [4.69, 9.17) is 5.73 Å². The van der Waals surface area contributed by atoms with E-state index in [9.17, 15) is 13.2 Å². The molecule has 0 spiro atoms. The summed E-state index contributed by atoms with van der Waals surface area (Å²) in [5, 5.41) is 0. The first-order chi connectivity index (χ1) is 6.55. The van der Waals surface area contributed by atoms with Crippen molar-refractivity contribution in [2.75, 3.05) is 6.54 Å². The summed E-state index contributed by atoms with van der Waals surface area (Å²) in [6.45, 7) is 0.00781. The molecule has 0 radical (unpaired) electrons. The Balaban J connectivity index is 3.16. The molecule has 0 aromatic carbocycles. The summed E-state index contributed by atoms with van der Waals surface area (Å²) in [6.07, 6.45) is -3.16. The Morgan fingerprint density at radius 3 is 2.71 bits per heavy atom. The van der Waals surface area contributed by atoms with Crippen LogP contribution in [0.3, 0.4) is 0 Å². The van der Waals surface area contributed by atoms with Crippen LogP contribution in [0.1, 0.15) is 11.3 Å². The zero-order valence-corrected chi connectivity index (χ0v) is 7.10. The zero-order chi connectivity index (χ0) is 10.6. The molecule has 74 valence electrons. The second kappa shape index (κ2) is 4.11. The molecule has 0 atom stereocenters. The van der Waals surface area contributed by atoms with Crippen molar-refractivity contribution in [3.8, 4) is 11.8 Å². The molecule has 5 heteroatoms. The van der Waals surface area contributed by atoms with Gasteiger partial charge >= 0.3 is 6.18 Å². The van der Waals surface area contributed by atoms with E-state index in [-0.39, 0.29) is 12.2 Å². The van der Waals surface area contributed by atoms with Gasteiger partial charge in [0.2, 0.25) is 0 Å². The molecule has 0 aliphatic heterocycles. The summed E-state index contributed by atoms with van der Waals surface area (Å²) in [5.41, 5.74) is 3.93. The van der Waals surface area contributed by atoms with Gasteiger partial charge < -0.3 is 5.73 Å². The first-order valence-corrected chi connectivity index (χ1v) is 3.77. The third kappa shape index (κ3) is 2.47. The highest BCUT2D eigenvalue weighted by Gasteiger charge is 2.33. The minimum absolute atomic E-state index is 0.00781. The van der Waals surface area contributed by atoms with Gasteiger partial charge in [0.25, 0.3) is 0 Å². The normalized spacial score (nSPS) is 10.6. The largest absolute Gasteiger partial charge is 0.419 e. The molecule has 0 fully saturated rings. The van der Waals surface area contributed by atoms with Crippen LogP contribution in [0.15, 0.2) is 18.3 Å². The Kier molecular flexibility index (Phi) is 3.10. The highest BCUT2D eigenvalue weighted by Crippen LogP contribution is 2.30. The van der Waals surface area contributed by atoms with Crippen LogP contribution in [0.5, 0.6) is 0 Å². The predicted octanol–water partition coefficient (Wildman–Crippen LogP) is 1.41. The van der Waals surface area contributed by atoms with Crippen LogP contribution in [-0.2, 0) is 6.18 Å². The number of hydrogen-bond donors (Lipinski definition) is 1. The third-order valence-electron chi connectivity index (χ3n) is 1.42. The van der Waals surface area contributed by atoms with Gasteiger partial charge in [-0.05, 0) is 18.1 Å². The summed E-state index contributed by atoms with van der Waals surface area (Å²) in [7, 11) is 0. The molecule has 1 aromatic rings. The Morgan fingerprint density at radius 2 is 2.14 bits per heavy atom. The van der Waals surface area contributed by atoms with E-state index < -0.39 is 11.7 Å². The molecule has 0 amide bonds. The van der Waals surface area contributed by atoms with Crippen LogP contribution in [-0.4, -0.2) is 11.5 Å². The molecule has 0 unspecified atom stereocenters. The van der Waals surface area contributed by atoms with Crippen molar-refractivity contribution in [3.05, 3.63) is 29.6 Å². The van der Waals surface area contributed by atoms with Gasteiger partial charge in [-0.2, -0.15) is 13.2 Å². The predicted molar refractivity (Wildman–Crippen MR) is 45.2 cm³/mol. The van der Waals surface area contributed by atoms with E-state index in [1.54, 1.807) is 0 Å². The lowest BCUT2D eigenvalue weighted by Gasteiger charge is -2.06. The molecule has 0 aliphatic carbocycles. The maximum atomic E-state index is 12.3. The number of aromatic nitrogens is 1. The molecule has 0 bridgehead atoms. The highest BCUT2D eigenvalue weighted by atomic mass is 19.4. The average molecular weight is 200 g/mol. The lowest BCUT2D eigenvalue weighted by molar-refractivity contribution is -0.138. The molecule has 2 nitrogen and oxygen atoms in total. The Bertz CT molecular complexity index is 374. The van der Waals surface area contributed by atoms with Crippen molar-refractivity contribution in [2.24, 2.45) is 5.73 Å². The van der Waals surface area contributed by atoms with E-state index in [0.29, 0.717) is 0 Å². The molecule has 0 saturated carbocycles. The van der Waals surface area contributed by atoms with Crippen LogP contribution >= 0.6 is 0 Å². The molecule has 1 heterocycles. The summed E-state index contributed by atoms with van der Waals surface area (Å²) >= 11 is 0. The average Bonchev–Trinajstić information content (AvgIpc) is 2.14. The molecule has 0 saturated heterocycles. The standard InChI is InChI=1S/C9H7F3N2/c10-9(11,12)7-3-2-6-14-8(7)4-1-5-13/h2-3,6H,5,13H2. The minimum Gasteiger partial charge on any atom is -0.320 e. The monoisotopic (exact) mass is 200 g/mol. The maximum Gasteiger partial charge on any atom is 0.419 e. The number of halogens is 3.